The van der Waals surface area contributed by atoms with Crippen LogP contribution in [-0.2, 0) is 4.57 Å². The van der Waals surface area contributed by atoms with Gasteiger partial charge in [0, 0.05) is 10.7 Å². The fourth-order valence-corrected chi connectivity index (χ4v) is 5.45. The molecular formula is C18H21ClNO2P. The molecule has 1 atom stereocenters. The highest BCUT2D eigenvalue weighted by molar-refractivity contribution is 7.61. The lowest BCUT2D eigenvalue weighted by atomic mass is 10.0. The quantitative estimate of drug-likeness (QED) is 0.638. The van der Waals surface area contributed by atoms with Crippen molar-refractivity contribution in [3.05, 3.63) is 59.6 Å². The molecule has 23 heavy (non-hydrogen) atoms. The summed E-state index contributed by atoms with van der Waals surface area (Å²) in [5.41, 5.74) is 0.877. The third kappa shape index (κ3) is 4.31. The van der Waals surface area contributed by atoms with Gasteiger partial charge in [-0.2, -0.15) is 0 Å². The highest BCUT2D eigenvalue weighted by Crippen LogP contribution is 2.55. The van der Waals surface area contributed by atoms with Gasteiger partial charge in [0.15, 0.2) is 0 Å². The van der Waals surface area contributed by atoms with E-state index >= 15 is 0 Å². The van der Waals surface area contributed by atoms with Gasteiger partial charge in [-0.3, -0.25) is 4.57 Å². The van der Waals surface area contributed by atoms with Crippen LogP contribution in [0.15, 0.2) is 54.6 Å². The van der Waals surface area contributed by atoms with Gasteiger partial charge in [0.1, 0.15) is 5.75 Å². The number of benzene rings is 2. The Morgan fingerprint density at radius 1 is 0.957 bits per heavy atom. The van der Waals surface area contributed by atoms with Gasteiger partial charge in [0.05, 0.1) is 5.66 Å². The lowest BCUT2D eigenvalue weighted by molar-refractivity contribution is 0.430. The Morgan fingerprint density at radius 3 is 2.26 bits per heavy atom. The van der Waals surface area contributed by atoms with Gasteiger partial charge in [-0.25, -0.2) is 0 Å². The molecule has 0 amide bonds. The molecule has 1 N–H and O–H groups in total. The van der Waals surface area contributed by atoms with Crippen LogP contribution < -0.4 is 9.61 Å². The fraction of sp³-hybridized carbons (Fsp3) is 0.333. The summed E-state index contributed by atoms with van der Waals surface area (Å²) < 4.78 is 19.6. The Kier molecular flexibility index (Phi) is 5.30. The summed E-state index contributed by atoms with van der Waals surface area (Å²) in [6, 6.07) is 16.7. The van der Waals surface area contributed by atoms with Crippen LogP contribution in [0.4, 0.5) is 5.69 Å². The molecule has 2 aromatic rings. The summed E-state index contributed by atoms with van der Waals surface area (Å²) in [5.74, 6) is 0.590. The van der Waals surface area contributed by atoms with Crippen molar-refractivity contribution in [3.8, 4) is 5.75 Å². The van der Waals surface area contributed by atoms with Crippen LogP contribution in [-0.4, -0.2) is 5.66 Å². The normalized spacial score (nSPS) is 18.1. The zero-order valence-electron chi connectivity index (χ0n) is 13.0. The molecular weight excluding hydrogens is 329 g/mol. The van der Waals surface area contributed by atoms with Gasteiger partial charge in [-0.1, -0.05) is 49.1 Å². The smallest absolute Gasteiger partial charge is 0.344 e. The van der Waals surface area contributed by atoms with E-state index in [1.807, 2.05) is 30.3 Å². The highest BCUT2D eigenvalue weighted by Gasteiger charge is 2.36. The average molecular weight is 350 g/mol. The summed E-state index contributed by atoms with van der Waals surface area (Å²) in [6.45, 7) is 0. The Hall–Kier alpha value is -1.44. The first-order valence-corrected chi connectivity index (χ1v) is 10.1. The topological polar surface area (TPSA) is 38.3 Å². The summed E-state index contributed by atoms with van der Waals surface area (Å²) in [6.07, 6.45) is 5.29. The van der Waals surface area contributed by atoms with Gasteiger partial charge in [0.25, 0.3) is 0 Å². The van der Waals surface area contributed by atoms with Crippen molar-refractivity contribution in [2.24, 2.45) is 0 Å². The molecule has 0 bridgehead atoms. The number of hydrogen-bond acceptors (Lipinski definition) is 2. The second kappa shape index (κ2) is 7.42. The van der Waals surface area contributed by atoms with Crippen LogP contribution in [0.1, 0.15) is 32.1 Å². The van der Waals surface area contributed by atoms with E-state index in [-0.39, 0.29) is 5.66 Å². The molecule has 122 valence electrons. The molecule has 0 spiro atoms. The highest BCUT2D eigenvalue weighted by atomic mass is 35.5. The SMILES string of the molecule is O=P(Nc1ccccc1)(Oc1ccc(Cl)cc1)C1CCCCC1. The number of halogens is 1. The molecule has 0 heterocycles. The Balaban J connectivity index is 1.85. The lowest BCUT2D eigenvalue weighted by Crippen LogP contribution is -2.21. The zero-order valence-corrected chi connectivity index (χ0v) is 14.6. The molecule has 0 radical (unpaired) electrons. The van der Waals surface area contributed by atoms with Crippen LogP contribution >= 0.6 is 19.1 Å². The third-order valence-electron chi connectivity index (χ3n) is 4.17. The van der Waals surface area contributed by atoms with Crippen molar-refractivity contribution in [2.75, 3.05) is 5.09 Å². The Labute approximate surface area is 142 Å². The van der Waals surface area contributed by atoms with Gasteiger partial charge in [0.2, 0.25) is 0 Å². The standard InChI is InChI=1S/C18H21ClNO2P/c19-15-11-13-17(14-12-15)22-23(21,18-9-5-2-6-10-18)20-16-7-3-1-4-8-16/h1,3-4,7-8,11-14,18H,2,5-6,9-10H2,(H,20,21). The molecule has 0 aliphatic heterocycles. The summed E-state index contributed by atoms with van der Waals surface area (Å²) in [4.78, 5) is 0. The van der Waals surface area contributed by atoms with Crippen LogP contribution in [0, 0.1) is 0 Å². The molecule has 1 aliphatic rings. The maximum atomic E-state index is 13.6. The van der Waals surface area contributed by atoms with E-state index in [9.17, 15) is 4.57 Å². The van der Waals surface area contributed by atoms with Crippen molar-refractivity contribution in [3.63, 3.8) is 0 Å². The Bertz CT molecular complexity index is 669. The van der Waals surface area contributed by atoms with Gasteiger partial charge >= 0.3 is 7.52 Å². The van der Waals surface area contributed by atoms with Gasteiger partial charge < -0.3 is 9.61 Å². The summed E-state index contributed by atoms with van der Waals surface area (Å²) in [5, 5.41) is 3.83. The predicted octanol–water partition coefficient (Wildman–Crippen LogP) is 6.36. The minimum absolute atomic E-state index is 0.0483. The van der Waals surface area contributed by atoms with Crippen molar-refractivity contribution in [2.45, 2.75) is 37.8 Å². The number of nitrogens with one attached hydrogen (secondary N) is 1. The van der Waals surface area contributed by atoms with E-state index in [1.165, 1.54) is 6.42 Å². The molecule has 0 aromatic heterocycles. The molecule has 1 unspecified atom stereocenters. The first kappa shape index (κ1) is 16.4. The van der Waals surface area contributed by atoms with E-state index < -0.39 is 7.52 Å². The van der Waals surface area contributed by atoms with Crippen LogP contribution in [0.5, 0.6) is 5.75 Å². The molecule has 3 nitrogen and oxygen atoms in total. The van der Waals surface area contributed by atoms with E-state index in [2.05, 4.69) is 5.09 Å². The second-order valence-electron chi connectivity index (χ2n) is 5.91. The third-order valence-corrected chi connectivity index (χ3v) is 6.95. The first-order chi connectivity index (χ1) is 11.2. The summed E-state index contributed by atoms with van der Waals surface area (Å²) in [7, 11) is -3.05. The zero-order chi connectivity index (χ0) is 16.1. The summed E-state index contributed by atoms with van der Waals surface area (Å²) >= 11 is 5.92. The van der Waals surface area contributed by atoms with Crippen molar-refractivity contribution in [1.29, 1.82) is 0 Å². The lowest BCUT2D eigenvalue weighted by Gasteiger charge is -2.31. The van der Waals surface area contributed by atoms with E-state index in [0.717, 1.165) is 31.4 Å². The average Bonchev–Trinajstić information content (AvgIpc) is 2.59. The van der Waals surface area contributed by atoms with E-state index in [1.54, 1.807) is 24.3 Å². The van der Waals surface area contributed by atoms with Crippen LogP contribution in [0.25, 0.3) is 0 Å². The molecule has 2 aromatic carbocycles. The van der Waals surface area contributed by atoms with Crippen LogP contribution in [0.2, 0.25) is 5.02 Å². The molecule has 1 aliphatic carbocycles. The molecule has 1 fully saturated rings. The maximum Gasteiger partial charge on any atom is 0.344 e. The Morgan fingerprint density at radius 2 is 1.61 bits per heavy atom. The minimum atomic E-state index is -3.05. The largest absolute Gasteiger partial charge is 0.429 e. The number of para-hydroxylation sites is 1. The predicted molar refractivity (Wildman–Crippen MR) is 96.6 cm³/mol. The van der Waals surface area contributed by atoms with E-state index in [0.29, 0.717) is 10.8 Å². The van der Waals surface area contributed by atoms with Gasteiger partial charge in [-0.15, -0.1) is 0 Å². The first-order valence-electron chi connectivity index (χ1n) is 8.04. The number of anilines is 1. The fourth-order valence-electron chi connectivity index (χ4n) is 2.95. The molecule has 1 saturated carbocycles. The minimum Gasteiger partial charge on any atom is -0.429 e. The van der Waals surface area contributed by atoms with Gasteiger partial charge in [-0.05, 0) is 49.2 Å². The number of rotatable bonds is 5. The molecule has 0 saturated heterocycles. The van der Waals surface area contributed by atoms with Crippen LogP contribution in [0.3, 0.4) is 0 Å². The monoisotopic (exact) mass is 349 g/mol. The van der Waals surface area contributed by atoms with Crippen molar-refractivity contribution >= 4 is 24.8 Å². The van der Waals surface area contributed by atoms with E-state index in [4.69, 9.17) is 16.1 Å². The van der Waals surface area contributed by atoms with Crippen molar-refractivity contribution < 1.29 is 9.09 Å². The molecule has 5 heteroatoms. The second-order valence-corrected chi connectivity index (χ2v) is 8.68. The number of hydrogen-bond donors (Lipinski definition) is 1. The van der Waals surface area contributed by atoms with Crippen molar-refractivity contribution in [1.82, 2.24) is 0 Å². The maximum absolute atomic E-state index is 13.6. The molecule has 3 rings (SSSR count).